The number of rotatable bonds is 4. The molecular weight excluding hydrogens is 186 g/mol. The van der Waals surface area contributed by atoms with Crippen LogP contribution in [-0.2, 0) is 13.6 Å². The first-order valence-electron chi connectivity index (χ1n) is 4.44. The Kier molecular flexibility index (Phi) is 5.75. The van der Waals surface area contributed by atoms with Gasteiger partial charge in [0.25, 0.3) is 0 Å². The number of nitrogens with one attached hydrogen (secondary N) is 1. The molecule has 0 aliphatic carbocycles. The second-order valence-electron chi connectivity index (χ2n) is 3.09. The first kappa shape index (κ1) is 12.5. The van der Waals surface area contributed by atoms with Gasteiger partial charge in [-0.25, -0.2) is 0 Å². The molecule has 4 heteroatoms. The van der Waals surface area contributed by atoms with Crippen molar-refractivity contribution < 1.29 is 0 Å². The van der Waals surface area contributed by atoms with Crippen LogP contribution in [-0.4, -0.2) is 16.3 Å². The molecule has 0 bridgehead atoms. The summed E-state index contributed by atoms with van der Waals surface area (Å²) in [5.74, 6) is 0. The van der Waals surface area contributed by atoms with Crippen molar-refractivity contribution in [3.05, 3.63) is 17.5 Å². The zero-order valence-corrected chi connectivity index (χ0v) is 9.32. The highest BCUT2D eigenvalue weighted by Crippen LogP contribution is 2.03. The van der Waals surface area contributed by atoms with Crippen LogP contribution in [0.2, 0.25) is 0 Å². The summed E-state index contributed by atoms with van der Waals surface area (Å²) in [6.45, 7) is 6.23. The van der Waals surface area contributed by atoms with Crippen LogP contribution < -0.4 is 5.32 Å². The number of aryl methyl sites for hydroxylation is 2. The summed E-state index contributed by atoms with van der Waals surface area (Å²) < 4.78 is 1.86. The van der Waals surface area contributed by atoms with Crippen molar-refractivity contribution in [1.82, 2.24) is 15.1 Å². The lowest BCUT2D eigenvalue weighted by Crippen LogP contribution is -2.13. The Hall–Kier alpha value is -0.540. The van der Waals surface area contributed by atoms with Crippen LogP contribution >= 0.6 is 12.4 Å². The van der Waals surface area contributed by atoms with Gasteiger partial charge < -0.3 is 5.32 Å². The molecule has 0 fully saturated rings. The number of hydrogen-bond donors (Lipinski definition) is 1. The van der Waals surface area contributed by atoms with E-state index >= 15 is 0 Å². The molecule has 0 spiro atoms. The molecule has 0 atom stereocenters. The maximum absolute atomic E-state index is 4.27. The van der Waals surface area contributed by atoms with Crippen LogP contribution in [0.1, 0.15) is 24.6 Å². The summed E-state index contributed by atoms with van der Waals surface area (Å²) in [7, 11) is 1.95. The molecule has 0 aromatic carbocycles. The summed E-state index contributed by atoms with van der Waals surface area (Å²) in [4.78, 5) is 0. The van der Waals surface area contributed by atoms with Crippen LogP contribution in [0.3, 0.4) is 0 Å². The highest BCUT2D eigenvalue weighted by molar-refractivity contribution is 5.85. The highest BCUT2D eigenvalue weighted by atomic mass is 35.5. The van der Waals surface area contributed by atoms with E-state index in [2.05, 4.69) is 23.5 Å². The van der Waals surface area contributed by atoms with Gasteiger partial charge in [0.15, 0.2) is 0 Å². The van der Waals surface area contributed by atoms with Crippen LogP contribution in [0, 0.1) is 6.92 Å². The molecule has 0 saturated heterocycles. The molecule has 1 aromatic rings. The fourth-order valence-corrected chi connectivity index (χ4v) is 1.22. The summed E-state index contributed by atoms with van der Waals surface area (Å²) >= 11 is 0. The van der Waals surface area contributed by atoms with Crippen molar-refractivity contribution in [2.75, 3.05) is 6.54 Å². The average Bonchev–Trinajstić information content (AvgIpc) is 2.31. The Morgan fingerprint density at radius 3 is 2.69 bits per heavy atom. The molecule has 0 saturated carbocycles. The molecule has 0 unspecified atom stereocenters. The summed E-state index contributed by atoms with van der Waals surface area (Å²) in [6.07, 6.45) is 3.25. The maximum Gasteiger partial charge on any atom is 0.0638 e. The van der Waals surface area contributed by atoms with Crippen molar-refractivity contribution in [3.8, 4) is 0 Å². The molecule has 1 heterocycles. The Bertz CT molecular complexity index is 245. The Morgan fingerprint density at radius 2 is 2.23 bits per heavy atom. The zero-order chi connectivity index (χ0) is 8.97. The van der Waals surface area contributed by atoms with E-state index in [4.69, 9.17) is 0 Å². The molecule has 76 valence electrons. The predicted molar refractivity (Wildman–Crippen MR) is 57.2 cm³/mol. The molecule has 1 aromatic heterocycles. The third-order valence-corrected chi connectivity index (χ3v) is 1.86. The van der Waals surface area contributed by atoms with Gasteiger partial charge in [0.05, 0.1) is 5.69 Å². The minimum Gasteiger partial charge on any atom is -0.313 e. The molecule has 0 radical (unpaired) electrons. The van der Waals surface area contributed by atoms with Gasteiger partial charge in [0, 0.05) is 25.4 Å². The third kappa shape index (κ3) is 3.79. The van der Waals surface area contributed by atoms with E-state index in [1.807, 2.05) is 18.7 Å². The minimum absolute atomic E-state index is 0. The topological polar surface area (TPSA) is 29.9 Å². The number of halogens is 1. The van der Waals surface area contributed by atoms with Crippen molar-refractivity contribution in [1.29, 1.82) is 0 Å². The molecule has 0 aliphatic rings. The van der Waals surface area contributed by atoms with Crippen LogP contribution in [0.4, 0.5) is 0 Å². The van der Waals surface area contributed by atoms with Gasteiger partial charge in [-0.15, -0.1) is 12.4 Å². The van der Waals surface area contributed by atoms with Crippen molar-refractivity contribution in [2.24, 2.45) is 7.05 Å². The van der Waals surface area contributed by atoms with Crippen LogP contribution in [0.15, 0.2) is 6.20 Å². The summed E-state index contributed by atoms with van der Waals surface area (Å²) in [5, 5.41) is 7.62. The van der Waals surface area contributed by atoms with Gasteiger partial charge >= 0.3 is 0 Å². The minimum atomic E-state index is 0. The number of hydrogen-bond acceptors (Lipinski definition) is 2. The molecule has 1 N–H and O–H groups in total. The van der Waals surface area contributed by atoms with E-state index in [1.165, 1.54) is 12.0 Å². The molecule has 3 nitrogen and oxygen atoms in total. The lowest BCUT2D eigenvalue weighted by atomic mass is 10.2. The first-order chi connectivity index (χ1) is 5.74. The maximum atomic E-state index is 4.27. The van der Waals surface area contributed by atoms with Gasteiger partial charge in [-0.3, -0.25) is 4.68 Å². The molecule has 0 aliphatic heterocycles. The summed E-state index contributed by atoms with van der Waals surface area (Å²) in [6, 6.07) is 0. The van der Waals surface area contributed by atoms with E-state index < -0.39 is 0 Å². The van der Waals surface area contributed by atoms with Gasteiger partial charge in [0.1, 0.15) is 0 Å². The van der Waals surface area contributed by atoms with Gasteiger partial charge in [-0.2, -0.15) is 5.10 Å². The van der Waals surface area contributed by atoms with Crippen molar-refractivity contribution in [2.45, 2.75) is 26.8 Å². The first-order valence-corrected chi connectivity index (χ1v) is 4.44. The number of nitrogens with zero attached hydrogens (tertiary/aromatic N) is 2. The quantitative estimate of drug-likeness (QED) is 0.755. The van der Waals surface area contributed by atoms with E-state index in [0.29, 0.717) is 0 Å². The number of aromatic nitrogens is 2. The highest BCUT2D eigenvalue weighted by Gasteiger charge is 2.00. The Labute approximate surface area is 85.9 Å². The second kappa shape index (κ2) is 6.00. The molecular formula is C9H18ClN3. The van der Waals surface area contributed by atoms with E-state index in [1.54, 1.807) is 0 Å². The third-order valence-electron chi connectivity index (χ3n) is 1.86. The van der Waals surface area contributed by atoms with Crippen molar-refractivity contribution in [3.63, 3.8) is 0 Å². The van der Waals surface area contributed by atoms with Gasteiger partial charge in [-0.05, 0) is 19.9 Å². The molecule has 0 amide bonds. The van der Waals surface area contributed by atoms with Crippen LogP contribution in [0.25, 0.3) is 0 Å². The molecule has 13 heavy (non-hydrogen) atoms. The normalized spacial score (nSPS) is 9.77. The Morgan fingerprint density at radius 1 is 1.54 bits per heavy atom. The zero-order valence-electron chi connectivity index (χ0n) is 8.50. The fraction of sp³-hybridized carbons (Fsp3) is 0.667. The summed E-state index contributed by atoms with van der Waals surface area (Å²) in [5.41, 5.74) is 2.42. The Balaban J connectivity index is 0.00000144. The SMILES string of the molecule is CCCNCc1cn(C)nc1C.Cl. The van der Waals surface area contributed by atoms with E-state index in [9.17, 15) is 0 Å². The predicted octanol–water partition coefficient (Wildman–Crippen LogP) is 1.65. The van der Waals surface area contributed by atoms with Crippen molar-refractivity contribution >= 4 is 12.4 Å². The van der Waals surface area contributed by atoms with Gasteiger partial charge in [0.2, 0.25) is 0 Å². The molecule has 1 rings (SSSR count). The fourth-order valence-electron chi connectivity index (χ4n) is 1.22. The largest absolute Gasteiger partial charge is 0.313 e. The van der Waals surface area contributed by atoms with E-state index in [0.717, 1.165) is 18.8 Å². The van der Waals surface area contributed by atoms with Crippen LogP contribution in [0.5, 0.6) is 0 Å². The second-order valence-corrected chi connectivity index (χ2v) is 3.09. The lowest BCUT2D eigenvalue weighted by molar-refractivity contribution is 0.673. The van der Waals surface area contributed by atoms with E-state index in [-0.39, 0.29) is 12.4 Å². The van der Waals surface area contributed by atoms with Gasteiger partial charge in [-0.1, -0.05) is 6.92 Å². The monoisotopic (exact) mass is 203 g/mol. The standard InChI is InChI=1S/C9H17N3.ClH/c1-4-5-10-6-9-7-12(3)11-8(9)2;/h7,10H,4-6H2,1-3H3;1H. The lowest BCUT2D eigenvalue weighted by Gasteiger charge is -1.99. The average molecular weight is 204 g/mol. The smallest absolute Gasteiger partial charge is 0.0638 e.